The largest absolute Gasteiger partial charge is 0.491 e. The van der Waals surface area contributed by atoms with Gasteiger partial charge < -0.3 is 18.9 Å². The lowest BCUT2D eigenvalue weighted by molar-refractivity contribution is 0.0294. The van der Waals surface area contributed by atoms with Gasteiger partial charge in [-0.15, -0.1) is 0 Å². The number of likely N-dealkylation sites (N-methyl/N-ethyl adjacent to an activating group) is 1. The van der Waals surface area contributed by atoms with Crippen LogP contribution >= 0.6 is 0 Å². The molecular weight excluding hydrogens is 284 g/mol. The first-order valence-corrected chi connectivity index (χ1v) is 7.61. The lowest BCUT2D eigenvalue weighted by Crippen LogP contribution is -2.55. The van der Waals surface area contributed by atoms with Crippen LogP contribution < -0.4 is 10.2 Å². The normalized spacial score (nSPS) is 26.3. The van der Waals surface area contributed by atoms with E-state index in [1.807, 2.05) is 11.5 Å². The Labute approximate surface area is 129 Å². The predicted octanol–water partition coefficient (Wildman–Crippen LogP) is 1.18. The van der Waals surface area contributed by atoms with Crippen LogP contribution in [0.15, 0.2) is 10.9 Å². The smallest absolute Gasteiger partial charge is 0.274 e. The van der Waals surface area contributed by atoms with Crippen LogP contribution in [0.5, 0.6) is 5.75 Å². The number of hydrogen-bond donors (Lipinski definition) is 0. The molecule has 1 aromatic heterocycles. The molecule has 2 unspecified atom stereocenters. The molecule has 0 radical (unpaired) electrons. The minimum atomic E-state index is -0.316. The maximum absolute atomic E-state index is 12.8. The first-order chi connectivity index (χ1) is 10.5. The van der Waals surface area contributed by atoms with Crippen LogP contribution in [0.2, 0.25) is 0 Å². The van der Waals surface area contributed by atoms with Crippen LogP contribution in [0.3, 0.4) is 0 Å². The predicted molar refractivity (Wildman–Crippen MR) is 81.7 cm³/mol. The van der Waals surface area contributed by atoms with Gasteiger partial charge in [0.25, 0.3) is 5.91 Å². The minimum absolute atomic E-state index is 0.140. The highest BCUT2D eigenvalue weighted by Gasteiger charge is 2.50. The summed E-state index contributed by atoms with van der Waals surface area (Å²) in [6.07, 6.45) is 0.851. The molecule has 2 atom stereocenters. The molecule has 0 saturated heterocycles. The Balaban J connectivity index is 2.35. The van der Waals surface area contributed by atoms with E-state index in [1.165, 1.54) is 7.11 Å². The van der Waals surface area contributed by atoms with Crippen LogP contribution in [0.4, 0.5) is 0 Å². The molecule has 2 aliphatic rings. The van der Waals surface area contributed by atoms with E-state index in [0.29, 0.717) is 25.4 Å². The van der Waals surface area contributed by atoms with E-state index in [2.05, 4.69) is 6.92 Å². The lowest BCUT2D eigenvalue weighted by Gasteiger charge is -2.42. The second-order valence-electron chi connectivity index (χ2n) is 6.23. The van der Waals surface area contributed by atoms with Crippen LogP contribution in [-0.2, 0) is 10.3 Å². The summed E-state index contributed by atoms with van der Waals surface area (Å²) in [5.41, 5.74) is 0.737. The Bertz CT molecular complexity index is 681. The molecular formula is C16H22N2O4. The topological polar surface area (TPSA) is 60.8 Å². The summed E-state index contributed by atoms with van der Waals surface area (Å²) in [4.78, 5) is 26.9. The number of carbonyl (C=O) groups is 1. The lowest BCUT2D eigenvalue weighted by atomic mass is 9.90. The molecule has 3 rings (SSSR count). The van der Waals surface area contributed by atoms with Gasteiger partial charge in [-0.2, -0.15) is 0 Å². The quantitative estimate of drug-likeness (QED) is 0.838. The average Bonchev–Trinajstić information content (AvgIpc) is 2.75. The van der Waals surface area contributed by atoms with E-state index in [-0.39, 0.29) is 28.5 Å². The van der Waals surface area contributed by atoms with Gasteiger partial charge in [0, 0.05) is 32.0 Å². The van der Waals surface area contributed by atoms with Crippen molar-refractivity contribution in [3.05, 3.63) is 27.7 Å². The molecule has 0 aliphatic carbocycles. The fourth-order valence-electron chi connectivity index (χ4n) is 4.05. The summed E-state index contributed by atoms with van der Waals surface area (Å²) in [6, 6.07) is 1.61. The number of hydrogen-bond acceptors (Lipinski definition) is 4. The Hall–Kier alpha value is -1.82. The van der Waals surface area contributed by atoms with Gasteiger partial charge in [0.15, 0.2) is 11.4 Å². The van der Waals surface area contributed by atoms with Gasteiger partial charge in [0.05, 0.1) is 19.3 Å². The zero-order valence-electron chi connectivity index (χ0n) is 13.5. The molecule has 0 fully saturated rings. The van der Waals surface area contributed by atoms with Crippen LogP contribution in [0, 0.1) is 0 Å². The zero-order chi connectivity index (χ0) is 16.1. The van der Waals surface area contributed by atoms with Crippen molar-refractivity contribution >= 4 is 5.91 Å². The molecule has 0 N–H and O–H groups in total. The van der Waals surface area contributed by atoms with Crippen molar-refractivity contribution in [3.8, 4) is 5.75 Å². The van der Waals surface area contributed by atoms with Crippen LogP contribution in [-0.4, -0.2) is 49.3 Å². The third kappa shape index (κ3) is 1.83. The number of carbonyl (C=O) groups excluding carboxylic acids is 1. The van der Waals surface area contributed by atoms with Gasteiger partial charge in [0.2, 0.25) is 5.43 Å². The Kier molecular flexibility index (Phi) is 3.51. The highest BCUT2D eigenvalue weighted by molar-refractivity contribution is 5.96. The van der Waals surface area contributed by atoms with Gasteiger partial charge in [-0.25, -0.2) is 0 Å². The first-order valence-electron chi connectivity index (χ1n) is 7.61. The molecule has 22 heavy (non-hydrogen) atoms. The SMILES string of the molecule is CCN1CC2(COC)CC(C)c3cc(=O)c(OC)c(n32)C1=O. The van der Waals surface area contributed by atoms with E-state index in [0.717, 1.165) is 12.1 Å². The zero-order valence-corrected chi connectivity index (χ0v) is 13.5. The molecule has 6 nitrogen and oxygen atoms in total. The molecule has 1 amide bonds. The summed E-state index contributed by atoms with van der Waals surface area (Å²) in [5, 5.41) is 0. The standard InChI is InChI=1S/C16H22N2O4/c1-5-17-8-16(9-21-3)7-10(2)11-6-12(19)14(22-4)13(15(17)20)18(11)16/h6,10H,5,7-9H2,1-4H3. The number of rotatable bonds is 4. The van der Waals surface area contributed by atoms with E-state index in [4.69, 9.17) is 9.47 Å². The van der Waals surface area contributed by atoms with Crippen molar-refractivity contribution in [3.63, 3.8) is 0 Å². The molecule has 2 aliphatic heterocycles. The summed E-state index contributed by atoms with van der Waals surface area (Å²) < 4.78 is 12.8. The van der Waals surface area contributed by atoms with Gasteiger partial charge in [0.1, 0.15) is 0 Å². The highest BCUT2D eigenvalue weighted by Crippen LogP contribution is 2.45. The van der Waals surface area contributed by atoms with Crippen molar-refractivity contribution < 1.29 is 14.3 Å². The first kappa shape index (κ1) is 15.1. The van der Waals surface area contributed by atoms with E-state index in [9.17, 15) is 9.59 Å². The second kappa shape index (κ2) is 5.12. The van der Waals surface area contributed by atoms with Crippen LogP contribution in [0.25, 0.3) is 0 Å². The van der Waals surface area contributed by atoms with Crippen LogP contribution in [0.1, 0.15) is 42.4 Å². The number of aromatic nitrogens is 1. The average molecular weight is 306 g/mol. The number of ether oxygens (including phenoxy) is 2. The van der Waals surface area contributed by atoms with Crippen molar-refractivity contribution in [2.45, 2.75) is 31.7 Å². The molecule has 3 heterocycles. The number of nitrogens with zero attached hydrogens (tertiary/aromatic N) is 2. The Morgan fingerprint density at radius 1 is 1.36 bits per heavy atom. The fraction of sp³-hybridized carbons (Fsp3) is 0.625. The molecule has 0 bridgehead atoms. The number of pyridine rings is 1. The summed E-state index contributed by atoms with van der Waals surface area (Å²) >= 11 is 0. The molecule has 120 valence electrons. The molecule has 0 saturated carbocycles. The third-order valence-corrected chi connectivity index (χ3v) is 4.84. The molecule has 6 heteroatoms. The van der Waals surface area contributed by atoms with E-state index < -0.39 is 0 Å². The molecule has 0 aromatic carbocycles. The third-order valence-electron chi connectivity index (χ3n) is 4.84. The van der Waals surface area contributed by atoms with Gasteiger partial charge >= 0.3 is 0 Å². The summed E-state index contributed by atoms with van der Waals surface area (Å²) in [7, 11) is 3.11. The van der Waals surface area contributed by atoms with Crippen molar-refractivity contribution in [2.75, 3.05) is 33.9 Å². The van der Waals surface area contributed by atoms with E-state index in [1.54, 1.807) is 18.1 Å². The van der Waals surface area contributed by atoms with Crippen molar-refractivity contribution in [2.24, 2.45) is 0 Å². The highest BCUT2D eigenvalue weighted by atomic mass is 16.5. The maximum atomic E-state index is 12.8. The minimum Gasteiger partial charge on any atom is -0.491 e. The number of amides is 1. The van der Waals surface area contributed by atoms with E-state index >= 15 is 0 Å². The second-order valence-corrected chi connectivity index (χ2v) is 6.23. The fourth-order valence-corrected chi connectivity index (χ4v) is 4.05. The summed E-state index contributed by atoms with van der Waals surface area (Å²) in [5.74, 6) is 0.206. The summed E-state index contributed by atoms with van der Waals surface area (Å²) in [6.45, 7) is 5.74. The Morgan fingerprint density at radius 2 is 2.09 bits per heavy atom. The number of methoxy groups -OCH3 is 2. The molecule has 1 aromatic rings. The molecule has 0 spiro atoms. The monoisotopic (exact) mass is 306 g/mol. The van der Waals surface area contributed by atoms with Gasteiger partial charge in [-0.1, -0.05) is 6.92 Å². The van der Waals surface area contributed by atoms with Gasteiger partial charge in [-0.05, 0) is 19.3 Å². The maximum Gasteiger partial charge on any atom is 0.274 e. The van der Waals surface area contributed by atoms with Crippen molar-refractivity contribution in [1.82, 2.24) is 9.47 Å². The Morgan fingerprint density at radius 3 is 2.68 bits per heavy atom. The van der Waals surface area contributed by atoms with Gasteiger partial charge in [-0.3, -0.25) is 9.59 Å². The van der Waals surface area contributed by atoms with Crippen molar-refractivity contribution in [1.29, 1.82) is 0 Å².